The summed E-state index contributed by atoms with van der Waals surface area (Å²) in [4.78, 5) is 0. The maximum atomic E-state index is 14.1. The highest BCUT2D eigenvalue weighted by atomic mass is 79.9. The molecule has 7 heteroatoms. The molecule has 1 unspecified atom stereocenters. The van der Waals surface area contributed by atoms with Crippen LogP contribution in [0.4, 0.5) is 4.39 Å². The number of para-hydroxylation sites is 1. The minimum absolute atomic E-state index is 0.0573. The Hall–Kier alpha value is -1.11. The van der Waals surface area contributed by atoms with Gasteiger partial charge in [0.2, 0.25) is 10.0 Å². The fraction of sp³-hybridized carbons (Fsp3) is 0.200. The first kappa shape index (κ1) is 15.8. The van der Waals surface area contributed by atoms with Crippen molar-refractivity contribution in [2.75, 3.05) is 0 Å². The van der Waals surface area contributed by atoms with Crippen molar-refractivity contribution in [3.63, 3.8) is 0 Å². The summed E-state index contributed by atoms with van der Waals surface area (Å²) in [7, 11) is -3.87. The van der Waals surface area contributed by atoms with Crippen molar-refractivity contribution < 1.29 is 12.8 Å². The maximum absolute atomic E-state index is 14.1. The average Bonchev–Trinajstić information content (AvgIpc) is 2.89. The largest absolute Gasteiger partial charge is 0.248 e. The smallest absolute Gasteiger partial charge is 0.241 e. The van der Waals surface area contributed by atoms with Crippen LogP contribution in [0.15, 0.2) is 52.1 Å². The lowest BCUT2D eigenvalue weighted by Crippen LogP contribution is -2.38. The third-order valence-electron chi connectivity index (χ3n) is 3.82. The van der Waals surface area contributed by atoms with Crippen LogP contribution in [0.2, 0.25) is 0 Å². The molecule has 0 aliphatic heterocycles. The Bertz CT molecular complexity index is 932. The van der Waals surface area contributed by atoms with E-state index in [2.05, 4.69) is 15.9 Å². The van der Waals surface area contributed by atoms with Gasteiger partial charge in [-0.05, 0) is 47.5 Å². The van der Waals surface area contributed by atoms with Crippen LogP contribution >= 0.6 is 27.5 Å². The van der Waals surface area contributed by atoms with Crippen LogP contribution in [0.3, 0.4) is 0 Å². The van der Waals surface area contributed by atoms with Crippen molar-refractivity contribution >= 4 is 48.5 Å². The molecule has 116 valence electrons. The molecule has 22 heavy (non-hydrogen) atoms. The predicted octanol–water partition coefficient (Wildman–Crippen LogP) is 4.52. The van der Waals surface area contributed by atoms with Gasteiger partial charge in [-0.15, -0.1) is 0 Å². The summed E-state index contributed by atoms with van der Waals surface area (Å²) in [5.41, 5.74) is 0.0573. The number of benzene rings is 1. The standard InChI is InChI=1S/C15H12BrClFNO2S/c1-15(7-5-11(16)12(17)9-15)22(20,21)19-8-6-10-3-2-4-13(18)14(10)19/h2-6,8-9H,7H2,1H3. The number of hydrogen-bond acceptors (Lipinski definition) is 2. The van der Waals surface area contributed by atoms with E-state index in [-0.39, 0.29) is 11.9 Å². The topological polar surface area (TPSA) is 39.1 Å². The van der Waals surface area contributed by atoms with Gasteiger partial charge in [0.15, 0.2) is 0 Å². The van der Waals surface area contributed by atoms with Gasteiger partial charge in [0.1, 0.15) is 10.6 Å². The molecule has 3 rings (SSSR count). The Kier molecular flexibility index (Phi) is 3.74. The van der Waals surface area contributed by atoms with Crippen molar-refractivity contribution in [1.29, 1.82) is 0 Å². The minimum atomic E-state index is -3.87. The molecule has 0 saturated carbocycles. The number of halogens is 3. The van der Waals surface area contributed by atoms with Crippen molar-refractivity contribution in [1.82, 2.24) is 3.97 Å². The van der Waals surface area contributed by atoms with Gasteiger partial charge in [-0.2, -0.15) is 0 Å². The van der Waals surface area contributed by atoms with E-state index < -0.39 is 20.6 Å². The summed E-state index contributed by atoms with van der Waals surface area (Å²) in [6.07, 6.45) is 4.83. The highest BCUT2D eigenvalue weighted by Crippen LogP contribution is 2.38. The van der Waals surface area contributed by atoms with E-state index >= 15 is 0 Å². The predicted molar refractivity (Wildman–Crippen MR) is 90.2 cm³/mol. The van der Waals surface area contributed by atoms with Crippen LogP contribution in [-0.2, 0) is 10.0 Å². The number of nitrogens with zero attached hydrogens (tertiary/aromatic N) is 1. The molecule has 0 radical (unpaired) electrons. The van der Waals surface area contributed by atoms with E-state index in [1.54, 1.807) is 31.2 Å². The van der Waals surface area contributed by atoms with Crippen LogP contribution in [0.25, 0.3) is 10.9 Å². The first-order chi connectivity index (χ1) is 10.3. The van der Waals surface area contributed by atoms with Crippen LogP contribution in [0.5, 0.6) is 0 Å². The molecular weight excluding hydrogens is 393 g/mol. The maximum Gasteiger partial charge on any atom is 0.248 e. The third-order valence-corrected chi connectivity index (χ3v) is 7.40. The van der Waals surface area contributed by atoms with Gasteiger partial charge >= 0.3 is 0 Å². The molecule has 2 aromatic rings. The zero-order chi connectivity index (χ0) is 16.1. The van der Waals surface area contributed by atoms with Crippen molar-refractivity contribution in [2.24, 2.45) is 0 Å². The molecule has 0 N–H and O–H groups in total. The van der Waals surface area contributed by atoms with Gasteiger partial charge in [-0.1, -0.05) is 29.8 Å². The summed E-state index contributed by atoms with van der Waals surface area (Å²) in [5.74, 6) is -0.572. The number of rotatable bonds is 2. The van der Waals surface area contributed by atoms with E-state index in [1.165, 1.54) is 18.3 Å². The zero-order valence-corrected chi connectivity index (χ0v) is 14.7. The Morgan fingerprint density at radius 1 is 1.36 bits per heavy atom. The summed E-state index contributed by atoms with van der Waals surface area (Å²) in [6, 6.07) is 6.05. The molecule has 0 fully saturated rings. The Morgan fingerprint density at radius 2 is 2.09 bits per heavy atom. The Labute approximate surface area is 141 Å². The summed E-state index contributed by atoms with van der Waals surface area (Å²) < 4.78 is 40.6. The van der Waals surface area contributed by atoms with Crippen molar-refractivity contribution in [3.05, 3.63) is 57.9 Å². The quantitative estimate of drug-likeness (QED) is 0.738. The SMILES string of the molecule is CC1(S(=O)(=O)n2ccc3cccc(F)c32)C=C(Cl)C(Br)=CC1. The first-order valence-electron chi connectivity index (χ1n) is 6.51. The number of fused-ring (bicyclic) bond motifs is 1. The van der Waals surface area contributed by atoms with Crippen molar-refractivity contribution in [3.8, 4) is 0 Å². The van der Waals surface area contributed by atoms with E-state index in [9.17, 15) is 12.8 Å². The Morgan fingerprint density at radius 3 is 2.77 bits per heavy atom. The van der Waals surface area contributed by atoms with Gasteiger partial charge in [0, 0.05) is 16.1 Å². The monoisotopic (exact) mass is 403 g/mol. The second-order valence-corrected chi connectivity index (χ2v) is 8.89. The third kappa shape index (κ3) is 2.25. The number of aromatic nitrogens is 1. The fourth-order valence-corrected chi connectivity index (χ4v) is 4.84. The highest BCUT2D eigenvalue weighted by molar-refractivity contribution is 9.12. The molecule has 0 amide bonds. The normalized spacial score (nSPS) is 22.5. The van der Waals surface area contributed by atoms with Crippen LogP contribution < -0.4 is 0 Å². The average molecular weight is 405 g/mol. The lowest BCUT2D eigenvalue weighted by atomic mass is 10.0. The van der Waals surface area contributed by atoms with Crippen LogP contribution in [0, 0.1) is 5.82 Å². The van der Waals surface area contributed by atoms with Gasteiger partial charge in [-0.25, -0.2) is 16.8 Å². The molecule has 1 atom stereocenters. The molecule has 1 aromatic heterocycles. The molecule has 1 aliphatic carbocycles. The molecule has 3 nitrogen and oxygen atoms in total. The molecule has 1 heterocycles. The second kappa shape index (κ2) is 5.22. The summed E-state index contributed by atoms with van der Waals surface area (Å²) in [6.45, 7) is 1.58. The summed E-state index contributed by atoms with van der Waals surface area (Å²) >= 11 is 9.34. The number of hydrogen-bond donors (Lipinski definition) is 0. The molecule has 0 spiro atoms. The van der Waals surface area contributed by atoms with E-state index in [4.69, 9.17) is 11.6 Å². The number of allylic oxidation sites excluding steroid dienone is 3. The van der Waals surface area contributed by atoms with E-state index in [0.29, 0.717) is 14.9 Å². The second-order valence-electron chi connectivity index (χ2n) is 5.36. The van der Waals surface area contributed by atoms with Gasteiger partial charge < -0.3 is 0 Å². The van der Waals surface area contributed by atoms with Gasteiger partial charge in [-0.3, -0.25) is 0 Å². The summed E-state index contributed by atoms with van der Waals surface area (Å²) in [5, 5.41) is 0.865. The van der Waals surface area contributed by atoms with Gasteiger partial charge in [0.25, 0.3) is 0 Å². The Balaban J connectivity index is 2.22. The lowest BCUT2D eigenvalue weighted by Gasteiger charge is -2.28. The minimum Gasteiger partial charge on any atom is -0.241 e. The van der Waals surface area contributed by atoms with Crippen LogP contribution in [0.1, 0.15) is 13.3 Å². The highest BCUT2D eigenvalue weighted by Gasteiger charge is 2.41. The molecule has 1 aromatic carbocycles. The molecule has 1 aliphatic rings. The van der Waals surface area contributed by atoms with E-state index in [1.807, 2.05) is 0 Å². The first-order valence-corrected chi connectivity index (χ1v) is 9.12. The molecular formula is C15H12BrClFNO2S. The lowest BCUT2D eigenvalue weighted by molar-refractivity contribution is 0.552. The molecule has 0 bridgehead atoms. The van der Waals surface area contributed by atoms with Crippen LogP contribution in [-0.4, -0.2) is 17.1 Å². The van der Waals surface area contributed by atoms with Gasteiger partial charge in [0.05, 0.1) is 10.5 Å². The zero-order valence-electron chi connectivity index (χ0n) is 11.6. The molecule has 0 saturated heterocycles. The fourth-order valence-electron chi connectivity index (χ4n) is 2.51. The van der Waals surface area contributed by atoms with E-state index in [0.717, 1.165) is 3.97 Å². The van der Waals surface area contributed by atoms with Crippen molar-refractivity contribution in [2.45, 2.75) is 18.1 Å².